The van der Waals surface area contributed by atoms with Gasteiger partial charge in [-0.05, 0) is 37.3 Å². The van der Waals surface area contributed by atoms with Crippen LogP contribution in [0, 0.1) is 17.2 Å². The van der Waals surface area contributed by atoms with Crippen molar-refractivity contribution < 1.29 is 4.79 Å². The molecule has 2 N–H and O–H groups in total. The molecule has 0 radical (unpaired) electrons. The zero-order valence-corrected chi connectivity index (χ0v) is 21.0. The van der Waals surface area contributed by atoms with Crippen LogP contribution < -0.4 is 21.1 Å². The molecule has 3 aromatic rings. The zero-order chi connectivity index (χ0) is 25.4. The van der Waals surface area contributed by atoms with Crippen LogP contribution in [0.3, 0.4) is 0 Å². The number of rotatable bonds is 8. The first kappa shape index (κ1) is 24.1. The highest BCUT2D eigenvalue weighted by Gasteiger charge is 2.30. The lowest BCUT2D eigenvalue weighted by atomic mass is 10.1. The molecule has 1 saturated heterocycles. The normalized spacial score (nSPS) is 17.8. The van der Waals surface area contributed by atoms with Crippen molar-refractivity contribution in [1.29, 1.82) is 5.26 Å². The number of Topliss-reactive ketones (excluding diaryl/α,β-unsaturated/α-hetero) is 1. The number of aromatic nitrogens is 3. The van der Waals surface area contributed by atoms with Gasteiger partial charge in [-0.3, -0.25) is 14.2 Å². The summed E-state index contributed by atoms with van der Waals surface area (Å²) in [5.41, 5.74) is 8.66. The number of anilines is 2. The second kappa shape index (κ2) is 9.78. The summed E-state index contributed by atoms with van der Waals surface area (Å²) >= 11 is 0. The fraction of sp³-hybridized carbons (Fsp3) is 0.481. The van der Waals surface area contributed by atoms with Crippen molar-refractivity contribution in [2.75, 3.05) is 37.0 Å². The quantitative estimate of drug-likeness (QED) is 0.486. The summed E-state index contributed by atoms with van der Waals surface area (Å²) in [6, 6.07) is 9.70. The van der Waals surface area contributed by atoms with Crippen molar-refractivity contribution in [1.82, 2.24) is 14.1 Å². The maximum absolute atomic E-state index is 13.8. The number of piperidine rings is 1. The molecule has 9 heteroatoms. The molecule has 2 aromatic heterocycles. The highest BCUT2D eigenvalue weighted by molar-refractivity contribution is 5.97. The molecule has 1 unspecified atom stereocenters. The van der Waals surface area contributed by atoms with Gasteiger partial charge in [0.2, 0.25) is 0 Å². The Bertz CT molecular complexity index is 1390. The second-order valence-electron chi connectivity index (χ2n) is 10.3. The van der Waals surface area contributed by atoms with E-state index < -0.39 is 0 Å². The molecule has 36 heavy (non-hydrogen) atoms. The van der Waals surface area contributed by atoms with E-state index in [9.17, 15) is 14.9 Å². The Morgan fingerprint density at radius 2 is 2.08 bits per heavy atom. The number of hydrogen-bond acceptors (Lipinski definition) is 7. The second-order valence-corrected chi connectivity index (χ2v) is 10.3. The minimum Gasteiger partial charge on any atom is -0.378 e. The van der Waals surface area contributed by atoms with Crippen molar-refractivity contribution in [2.24, 2.45) is 11.7 Å². The maximum Gasteiger partial charge on any atom is 0.278 e. The molecule has 5 rings (SSSR count). The largest absolute Gasteiger partial charge is 0.378 e. The predicted octanol–water partition coefficient (Wildman–Crippen LogP) is 2.75. The van der Waals surface area contributed by atoms with Gasteiger partial charge in [0.05, 0.1) is 12.9 Å². The Kier molecular flexibility index (Phi) is 6.54. The number of benzene rings is 1. The first-order chi connectivity index (χ1) is 17.4. The van der Waals surface area contributed by atoms with Crippen LogP contribution in [0.1, 0.15) is 48.0 Å². The summed E-state index contributed by atoms with van der Waals surface area (Å²) < 4.78 is 3.35. The van der Waals surface area contributed by atoms with Crippen molar-refractivity contribution in [3.63, 3.8) is 0 Å². The summed E-state index contributed by atoms with van der Waals surface area (Å²) in [5.74, 6) is 1.24. The van der Waals surface area contributed by atoms with E-state index in [0.29, 0.717) is 41.2 Å². The van der Waals surface area contributed by atoms with E-state index >= 15 is 0 Å². The van der Waals surface area contributed by atoms with E-state index in [1.165, 1.54) is 23.7 Å². The molecule has 9 nitrogen and oxygen atoms in total. The minimum atomic E-state index is -0.294. The van der Waals surface area contributed by atoms with Crippen LogP contribution in [0.4, 0.5) is 11.5 Å². The number of carbonyl (C=O) groups is 1. The number of fused-ring (bicyclic) bond motifs is 1. The lowest BCUT2D eigenvalue weighted by molar-refractivity contribution is 0.0970. The monoisotopic (exact) mass is 487 g/mol. The number of ketones is 1. The van der Waals surface area contributed by atoms with Gasteiger partial charge in [0, 0.05) is 51.0 Å². The van der Waals surface area contributed by atoms with Crippen molar-refractivity contribution in [2.45, 2.75) is 51.2 Å². The van der Waals surface area contributed by atoms with Gasteiger partial charge in [0.1, 0.15) is 28.5 Å². The number of nitriles is 1. The van der Waals surface area contributed by atoms with Gasteiger partial charge < -0.3 is 20.1 Å². The molecule has 1 aliphatic carbocycles. The summed E-state index contributed by atoms with van der Waals surface area (Å²) in [5, 5.41) is 10.1. The molecular formula is C27H33N7O2. The van der Waals surface area contributed by atoms with Crippen molar-refractivity contribution in [3.8, 4) is 6.07 Å². The average molecular weight is 488 g/mol. The van der Waals surface area contributed by atoms with Crippen LogP contribution in [0.2, 0.25) is 0 Å². The van der Waals surface area contributed by atoms with Crippen LogP contribution in [0.25, 0.3) is 11.0 Å². The number of nitrogens with zero attached hydrogens (tertiary/aromatic N) is 6. The third kappa shape index (κ3) is 4.61. The summed E-state index contributed by atoms with van der Waals surface area (Å²) in [6.45, 7) is 1.96. The Morgan fingerprint density at radius 1 is 1.28 bits per heavy atom. The van der Waals surface area contributed by atoms with Crippen LogP contribution in [-0.4, -0.2) is 53.1 Å². The first-order valence-electron chi connectivity index (χ1n) is 12.7. The number of carbonyl (C=O) groups excluding carboxylic acids is 1. The predicted molar refractivity (Wildman–Crippen MR) is 141 cm³/mol. The third-order valence-electron chi connectivity index (χ3n) is 7.33. The van der Waals surface area contributed by atoms with Crippen LogP contribution in [-0.2, 0) is 13.1 Å². The highest BCUT2D eigenvalue weighted by atomic mass is 16.1. The molecule has 2 fully saturated rings. The van der Waals surface area contributed by atoms with Gasteiger partial charge in [0.15, 0.2) is 5.78 Å². The van der Waals surface area contributed by atoms with Gasteiger partial charge in [-0.1, -0.05) is 25.0 Å². The topological polar surface area (TPSA) is 113 Å². The standard InChI is InChI=1S/C27H33N7O2/c1-31(2)21-7-3-5-19(13-21)23(35)16-33-17-30-24-22(14-28)26(32-11-4-6-20(29)15-32)34(25(24)27(33)36)12-10-18-8-9-18/h3,5,7,13,17-18,20H,4,6,8-12,15-16,29H2,1-2H3. The highest BCUT2D eigenvalue weighted by Crippen LogP contribution is 2.36. The Morgan fingerprint density at radius 3 is 2.78 bits per heavy atom. The average Bonchev–Trinajstić information content (AvgIpc) is 3.64. The van der Waals surface area contributed by atoms with Gasteiger partial charge >= 0.3 is 0 Å². The smallest absolute Gasteiger partial charge is 0.278 e. The van der Waals surface area contributed by atoms with Gasteiger partial charge in [-0.2, -0.15) is 5.26 Å². The number of aryl methyl sites for hydroxylation is 1. The molecular weight excluding hydrogens is 454 g/mol. The molecule has 1 saturated carbocycles. The van der Waals surface area contributed by atoms with Crippen LogP contribution in [0.15, 0.2) is 35.4 Å². The minimum absolute atomic E-state index is 0.0281. The van der Waals surface area contributed by atoms with E-state index in [0.717, 1.165) is 37.3 Å². The fourth-order valence-corrected chi connectivity index (χ4v) is 5.14. The Hall–Kier alpha value is -3.64. The molecule has 1 atom stereocenters. The third-order valence-corrected chi connectivity index (χ3v) is 7.33. The maximum atomic E-state index is 13.8. The fourth-order valence-electron chi connectivity index (χ4n) is 5.14. The lowest BCUT2D eigenvalue weighted by Gasteiger charge is -2.33. The number of nitrogens with two attached hydrogens (primary N) is 1. The Balaban J connectivity index is 1.57. The lowest BCUT2D eigenvalue weighted by Crippen LogP contribution is -2.44. The van der Waals surface area contributed by atoms with Gasteiger partial charge in [-0.15, -0.1) is 0 Å². The molecule has 2 aliphatic rings. The van der Waals surface area contributed by atoms with E-state index in [2.05, 4.69) is 16.0 Å². The summed E-state index contributed by atoms with van der Waals surface area (Å²) in [4.78, 5) is 35.5. The molecule has 3 heterocycles. The molecule has 0 spiro atoms. The van der Waals surface area contributed by atoms with E-state index in [-0.39, 0.29) is 23.9 Å². The molecule has 0 amide bonds. The van der Waals surface area contributed by atoms with Crippen molar-refractivity contribution in [3.05, 3.63) is 52.1 Å². The molecule has 188 valence electrons. The van der Waals surface area contributed by atoms with E-state index in [4.69, 9.17) is 5.73 Å². The molecule has 1 aliphatic heterocycles. The molecule has 0 bridgehead atoms. The number of hydrogen-bond donors (Lipinski definition) is 1. The SMILES string of the molecule is CN(C)c1cccc(C(=O)Cn2cnc3c(C#N)c(N4CCCC(N)C4)n(CCC4CC4)c3c2=O)c1. The van der Waals surface area contributed by atoms with Crippen LogP contribution in [0.5, 0.6) is 0 Å². The van der Waals surface area contributed by atoms with E-state index in [1.807, 2.05) is 41.8 Å². The summed E-state index contributed by atoms with van der Waals surface area (Å²) in [7, 11) is 3.84. The summed E-state index contributed by atoms with van der Waals surface area (Å²) in [6.07, 6.45) is 6.65. The van der Waals surface area contributed by atoms with Gasteiger partial charge in [-0.25, -0.2) is 4.98 Å². The van der Waals surface area contributed by atoms with Gasteiger partial charge in [0.25, 0.3) is 5.56 Å². The van der Waals surface area contributed by atoms with E-state index in [1.54, 1.807) is 6.07 Å². The van der Waals surface area contributed by atoms with Crippen LogP contribution >= 0.6 is 0 Å². The zero-order valence-electron chi connectivity index (χ0n) is 21.0. The Labute approximate surface area is 210 Å². The molecule has 1 aromatic carbocycles. The first-order valence-corrected chi connectivity index (χ1v) is 12.7. The van der Waals surface area contributed by atoms with Crippen molar-refractivity contribution >= 4 is 28.3 Å².